The van der Waals surface area contributed by atoms with E-state index in [-0.39, 0.29) is 0 Å². The van der Waals surface area contributed by atoms with Crippen LogP contribution >= 0.6 is 22.7 Å². The SMILES string of the molecule is CCc1ccc(CNc2nncs2)s1. The first-order valence-corrected chi connectivity index (χ1v) is 6.15. The van der Waals surface area contributed by atoms with E-state index in [9.17, 15) is 0 Å². The van der Waals surface area contributed by atoms with Gasteiger partial charge in [0.1, 0.15) is 5.51 Å². The molecule has 2 rings (SSSR count). The van der Waals surface area contributed by atoms with Crippen LogP contribution in [0.3, 0.4) is 0 Å². The Hall–Kier alpha value is -0.940. The van der Waals surface area contributed by atoms with Crippen molar-refractivity contribution in [2.24, 2.45) is 0 Å². The Morgan fingerprint density at radius 3 is 2.86 bits per heavy atom. The average molecular weight is 225 g/mol. The molecular weight excluding hydrogens is 214 g/mol. The van der Waals surface area contributed by atoms with Crippen LogP contribution in [0, 0.1) is 0 Å². The monoisotopic (exact) mass is 225 g/mol. The fourth-order valence-electron chi connectivity index (χ4n) is 1.12. The molecule has 0 unspecified atom stereocenters. The quantitative estimate of drug-likeness (QED) is 0.869. The van der Waals surface area contributed by atoms with E-state index in [1.807, 2.05) is 11.3 Å². The number of nitrogens with one attached hydrogen (secondary N) is 1. The molecule has 0 saturated carbocycles. The van der Waals surface area contributed by atoms with E-state index in [2.05, 4.69) is 34.6 Å². The lowest BCUT2D eigenvalue weighted by Gasteiger charge is -1.97. The highest BCUT2D eigenvalue weighted by Crippen LogP contribution is 2.18. The number of hydrogen-bond acceptors (Lipinski definition) is 5. The molecule has 5 heteroatoms. The first-order chi connectivity index (χ1) is 6.88. The molecule has 2 heterocycles. The summed E-state index contributed by atoms with van der Waals surface area (Å²) in [5.41, 5.74) is 1.73. The van der Waals surface area contributed by atoms with Crippen LogP contribution in [0.4, 0.5) is 5.13 Å². The molecule has 0 aliphatic carbocycles. The normalized spacial score (nSPS) is 10.4. The summed E-state index contributed by atoms with van der Waals surface area (Å²) in [7, 11) is 0. The lowest BCUT2D eigenvalue weighted by Crippen LogP contribution is -1.96. The van der Waals surface area contributed by atoms with Crippen LogP contribution in [0.1, 0.15) is 16.7 Å². The zero-order valence-electron chi connectivity index (χ0n) is 7.86. The first-order valence-electron chi connectivity index (χ1n) is 4.46. The zero-order valence-corrected chi connectivity index (χ0v) is 9.49. The van der Waals surface area contributed by atoms with Crippen molar-refractivity contribution in [2.45, 2.75) is 19.9 Å². The fourth-order valence-corrected chi connectivity index (χ4v) is 2.46. The second kappa shape index (κ2) is 4.52. The molecule has 2 aromatic rings. The Morgan fingerprint density at radius 2 is 2.21 bits per heavy atom. The smallest absolute Gasteiger partial charge is 0.205 e. The molecule has 0 fully saturated rings. The minimum atomic E-state index is 0.847. The highest BCUT2D eigenvalue weighted by atomic mass is 32.1. The van der Waals surface area contributed by atoms with Crippen LogP contribution in [-0.2, 0) is 13.0 Å². The zero-order chi connectivity index (χ0) is 9.80. The highest BCUT2D eigenvalue weighted by molar-refractivity contribution is 7.13. The number of aromatic nitrogens is 2. The Kier molecular flexibility index (Phi) is 3.10. The van der Waals surface area contributed by atoms with Crippen LogP contribution in [-0.4, -0.2) is 10.2 Å². The maximum Gasteiger partial charge on any atom is 0.205 e. The third-order valence-corrected chi connectivity index (χ3v) is 3.72. The van der Waals surface area contributed by atoms with Crippen molar-refractivity contribution in [2.75, 3.05) is 5.32 Å². The molecule has 0 bridgehead atoms. The van der Waals surface area contributed by atoms with Crippen molar-refractivity contribution in [3.63, 3.8) is 0 Å². The van der Waals surface area contributed by atoms with Crippen molar-refractivity contribution < 1.29 is 0 Å². The van der Waals surface area contributed by atoms with Gasteiger partial charge < -0.3 is 5.32 Å². The highest BCUT2D eigenvalue weighted by Gasteiger charge is 1.99. The van der Waals surface area contributed by atoms with Crippen LogP contribution in [0.2, 0.25) is 0 Å². The van der Waals surface area contributed by atoms with E-state index in [0.717, 1.165) is 18.1 Å². The average Bonchev–Trinajstić information content (AvgIpc) is 2.86. The number of anilines is 1. The predicted octanol–water partition coefficient (Wildman–Crippen LogP) is 2.77. The van der Waals surface area contributed by atoms with Gasteiger partial charge in [-0.15, -0.1) is 21.5 Å². The molecule has 1 N–H and O–H groups in total. The van der Waals surface area contributed by atoms with Gasteiger partial charge in [-0.1, -0.05) is 18.3 Å². The Labute approximate surface area is 90.8 Å². The summed E-state index contributed by atoms with van der Waals surface area (Å²) in [6, 6.07) is 4.35. The van der Waals surface area contributed by atoms with Gasteiger partial charge in [0.05, 0.1) is 6.54 Å². The molecule has 0 radical (unpaired) electrons. The van der Waals surface area contributed by atoms with Crippen LogP contribution in [0.5, 0.6) is 0 Å². The van der Waals surface area contributed by atoms with Gasteiger partial charge in [-0.3, -0.25) is 0 Å². The van der Waals surface area contributed by atoms with Gasteiger partial charge in [0.2, 0.25) is 5.13 Å². The molecule has 14 heavy (non-hydrogen) atoms. The molecular formula is C9H11N3S2. The van der Waals surface area contributed by atoms with Gasteiger partial charge in [-0.05, 0) is 18.6 Å². The molecule has 0 atom stereocenters. The van der Waals surface area contributed by atoms with E-state index in [1.165, 1.54) is 21.1 Å². The van der Waals surface area contributed by atoms with Crippen LogP contribution < -0.4 is 5.32 Å². The summed E-state index contributed by atoms with van der Waals surface area (Å²) >= 11 is 3.37. The van der Waals surface area contributed by atoms with Gasteiger partial charge in [0, 0.05) is 9.75 Å². The van der Waals surface area contributed by atoms with Crippen LogP contribution in [0.15, 0.2) is 17.6 Å². The second-order valence-electron chi connectivity index (χ2n) is 2.82. The third kappa shape index (κ3) is 2.30. The largest absolute Gasteiger partial charge is 0.355 e. The van der Waals surface area contributed by atoms with Gasteiger partial charge in [0.15, 0.2) is 0 Å². The molecule has 74 valence electrons. The summed E-state index contributed by atoms with van der Waals surface area (Å²) in [5, 5.41) is 11.8. The standard InChI is InChI=1S/C9H11N3S2/c1-2-7-3-4-8(14-7)5-10-9-12-11-6-13-9/h3-4,6H,2,5H2,1H3,(H,10,12). The summed E-state index contributed by atoms with van der Waals surface area (Å²) in [6.07, 6.45) is 1.11. The van der Waals surface area contributed by atoms with Gasteiger partial charge in [-0.2, -0.15) is 0 Å². The molecule has 0 aromatic carbocycles. The fraction of sp³-hybridized carbons (Fsp3) is 0.333. The Balaban J connectivity index is 1.92. The topological polar surface area (TPSA) is 37.8 Å². The summed E-state index contributed by atoms with van der Waals surface area (Å²) < 4.78 is 0. The first kappa shape index (κ1) is 9.61. The minimum absolute atomic E-state index is 0.847. The van der Waals surface area contributed by atoms with Crippen molar-refractivity contribution in [1.29, 1.82) is 0 Å². The van der Waals surface area contributed by atoms with E-state index in [4.69, 9.17) is 0 Å². The number of hydrogen-bond donors (Lipinski definition) is 1. The van der Waals surface area contributed by atoms with Crippen molar-refractivity contribution in [1.82, 2.24) is 10.2 Å². The molecule has 0 aliphatic rings. The summed E-state index contributed by atoms with van der Waals surface area (Å²) in [4.78, 5) is 2.77. The molecule has 0 saturated heterocycles. The summed E-state index contributed by atoms with van der Waals surface area (Å²) in [5.74, 6) is 0. The number of nitrogens with zero attached hydrogens (tertiary/aromatic N) is 2. The number of aryl methyl sites for hydroxylation is 1. The molecule has 0 aliphatic heterocycles. The Bertz CT molecular complexity index is 380. The summed E-state index contributed by atoms with van der Waals surface area (Å²) in [6.45, 7) is 3.02. The molecule has 2 aromatic heterocycles. The van der Waals surface area contributed by atoms with Gasteiger partial charge in [-0.25, -0.2) is 0 Å². The minimum Gasteiger partial charge on any atom is -0.355 e. The van der Waals surface area contributed by atoms with Crippen LogP contribution in [0.25, 0.3) is 0 Å². The predicted molar refractivity (Wildman–Crippen MR) is 60.9 cm³/mol. The van der Waals surface area contributed by atoms with Gasteiger partial charge >= 0.3 is 0 Å². The van der Waals surface area contributed by atoms with E-state index in [0.29, 0.717) is 0 Å². The van der Waals surface area contributed by atoms with Crippen molar-refractivity contribution >= 4 is 27.8 Å². The number of rotatable bonds is 4. The molecule has 0 spiro atoms. The van der Waals surface area contributed by atoms with E-state index in [1.54, 1.807) is 5.51 Å². The number of thiophene rings is 1. The third-order valence-electron chi connectivity index (χ3n) is 1.84. The maximum absolute atomic E-state index is 3.92. The lowest BCUT2D eigenvalue weighted by atomic mass is 10.4. The Morgan fingerprint density at radius 1 is 1.36 bits per heavy atom. The van der Waals surface area contributed by atoms with E-state index >= 15 is 0 Å². The van der Waals surface area contributed by atoms with Crippen molar-refractivity contribution in [3.8, 4) is 0 Å². The van der Waals surface area contributed by atoms with E-state index < -0.39 is 0 Å². The molecule has 3 nitrogen and oxygen atoms in total. The molecule has 0 amide bonds. The van der Waals surface area contributed by atoms with Gasteiger partial charge in [0.25, 0.3) is 0 Å². The maximum atomic E-state index is 3.92. The second-order valence-corrected chi connectivity index (χ2v) is 4.91. The van der Waals surface area contributed by atoms with Crippen molar-refractivity contribution in [3.05, 3.63) is 27.4 Å². The lowest BCUT2D eigenvalue weighted by molar-refractivity contribution is 1.06.